The van der Waals surface area contributed by atoms with Gasteiger partial charge in [0.05, 0.1) is 5.60 Å². The monoisotopic (exact) mass is 312 g/mol. The maximum atomic E-state index is 12.7. The molecule has 0 aromatic rings. The van der Waals surface area contributed by atoms with E-state index in [-0.39, 0.29) is 23.3 Å². The van der Waals surface area contributed by atoms with Crippen LogP contribution in [0.2, 0.25) is 0 Å². The van der Waals surface area contributed by atoms with Gasteiger partial charge < -0.3 is 19.7 Å². The molecular formula is C16H28N2O4. The number of likely N-dealkylation sites (tertiary alicyclic amines) is 1. The van der Waals surface area contributed by atoms with Gasteiger partial charge in [0.1, 0.15) is 0 Å². The molecule has 0 radical (unpaired) electrons. The van der Waals surface area contributed by atoms with E-state index in [1.54, 1.807) is 14.2 Å². The SMILES string of the molecule is CNC(=O)CCC1(OC)CCCN(C(=O)C2CCOCC2)C1. The van der Waals surface area contributed by atoms with Gasteiger partial charge in [-0.25, -0.2) is 0 Å². The first kappa shape index (κ1) is 17.2. The van der Waals surface area contributed by atoms with Gasteiger partial charge in [-0.2, -0.15) is 0 Å². The summed E-state index contributed by atoms with van der Waals surface area (Å²) in [6, 6.07) is 0. The highest BCUT2D eigenvalue weighted by Crippen LogP contribution is 2.31. The summed E-state index contributed by atoms with van der Waals surface area (Å²) in [5, 5.41) is 2.64. The molecule has 6 heteroatoms. The van der Waals surface area contributed by atoms with Crippen LogP contribution < -0.4 is 5.32 Å². The first-order valence-electron chi connectivity index (χ1n) is 8.22. The lowest BCUT2D eigenvalue weighted by Gasteiger charge is -2.43. The normalized spacial score (nSPS) is 26.7. The molecule has 0 aromatic heterocycles. The number of carbonyl (C=O) groups is 2. The second kappa shape index (κ2) is 7.92. The molecule has 0 saturated carbocycles. The molecular weight excluding hydrogens is 284 g/mol. The Kier molecular flexibility index (Phi) is 6.20. The van der Waals surface area contributed by atoms with Gasteiger partial charge in [0.15, 0.2) is 0 Å². The van der Waals surface area contributed by atoms with Gasteiger partial charge in [0.2, 0.25) is 11.8 Å². The molecule has 0 aromatic carbocycles. The molecule has 2 rings (SSSR count). The van der Waals surface area contributed by atoms with E-state index in [1.807, 2.05) is 4.90 Å². The van der Waals surface area contributed by atoms with Crippen molar-refractivity contribution in [3.63, 3.8) is 0 Å². The fourth-order valence-corrected chi connectivity index (χ4v) is 3.43. The van der Waals surface area contributed by atoms with Crippen molar-refractivity contribution < 1.29 is 19.1 Å². The van der Waals surface area contributed by atoms with Crippen LogP contribution in [-0.4, -0.2) is 62.8 Å². The van der Waals surface area contributed by atoms with Crippen molar-refractivity contribution in [2.75, 3.05) is 40.5 Å². The molecule has 2 aliphatic rings. The van der Waals surface area contributed by atoms with Gasteiger partial charge in [-0.05, 0) is 32.1 Å². The number of carbonyl (C=O) groups excluding carboxylic acids is 2. The fourth-order valence-electron chi connectivity index (χ4n) is 3.43. The zero-order valence-corrected chi connectivity index (χ0v) is 13.7. The Morgan fingerprint density at radius 2 is 2.09 bits per heavy atom. The highest BCUT2D eigenvalue weighted by Gasteiger charge is 2.39. The third-order valence-electron chi connectivity index (χ3n) is 4.94. The van der Waals surface area contributed by atoms with E-state index in [1.165, 1.54) is 0 Å². The fraction of sp³-hybridized carbons (Fsp3) is 0.875. The molecule has 2 amide bonds. The summed E-state index contributed by atoms with van der Waals surface area (Å²) in [5.41, 5.74) is -0.383. The molecule has 2 saturated heterocycles. The van der Waals surface area contributed by atoms with Crippen LogP contribution in [0.5, 0.6) is 0 Å². The van der Waals surface area contributed by atoms with Crippen molar-refractivity contribution in [2.24, 2.45) is 5.92 Å². The zero-order chi connectivity index (χ0) is 16.0. The number of hydrogen-bond acceptors (Lipinski definition) is 4. The lowest BCUT2D eigenvalue weighted by molar-refractivity contribution is -0.148. The average molecular weight is 312 g/mol. The quantitative estimate of drug-likeness (QED) is 0.820. The summed E-state index contributed by atoms with van der Waals surface area (Å²) in [6.45, 7) is 2.74. The molecule has 1 unspecified atom stereocenters. The number of ether oxygens (including phenoxy) is 2. The number of rotatable bonds is 5. The van der Waals surface area contributed by atoms with Gasteiger partial charge in [0.25, 0.3) is 0 Å². The molecule has 0 spiro atoms. The third-order valence-corrected chi connectivity index (χ3v) is 4.94. The Balaban J connectivity index is 1.95. The number of hydrogen-bond donors (Lipinski definition) is 1. The smallest absolute Gasteiger partial charge is 0.225 e. The second-order valence-corrected chi connectivity index (χ2v) is 6.31. The van der Waals surface area contributed by atoms with E-state index in [9.17, 15) is 9.59 Å². The summed E-state index contributed by atoms with van der Waals surface area (Å²) in [7, 11) is 3.33. The van der Waals surface area contributed by atoms with Crippen molar-refractivity contribution in [1.29, 1.82) is 0 Å². The molecule has 0 aliphatic carbocycles. The molecule has 22 heavy (non-hydrogen) atoms. The van der Waals surface area contributed by atoms with E-state index < -0.39 is 0 Å². The molecule has 2 fully saturated rings. The summed E-state index contributed by atoms with van der Waals surface area (Å²) >= 11 is 0. The van der Waals surface area contributed by atoms with Crippen LogP contribution in [0.15, 0.2) is 0 Å². The van der Waals surface area contributed by atoms with Crippen LogP contribution in [0.4, 0.5) is 0 Å². The summed E-state index contributed by atoms with van der Waals surface area (Å²) in [6.07, 6.45) is 4.54. The zero-order valence-electron chi connectivity index (χ0n) is 13.7. The Morgan fingerprint density at radius 3 is 2.73 bits per heavy atom. The molecule has 126 valence electrons. The standard InChI is InChI=1S/C16H28N2O4/c1-17-14(19)4-8-16(21-2)7-3-9-18(12-16)15(20)13-5-10-22-11-6-13/h13H,3-12H2,1-2H3,(H,17,19). The van der Waals surface area contributed by atoms with E-state index in [2.05, 4.69) is 5.32 Å². The maximum Gasteiger partial charge on any atom is 0.225 e. The van der Waals surface area contributed by atoms with Gasteiger partial charge >= 0.3 is 0 Å². The Morgan fingerprint density at radius 1 is 1.36 bits per heavy atom. The molecule has 2 heterocycles. The lowest BCUT2D eigenvalue weighted by Crippen LogP contribution is -2.53. The maximum absolute atomic E-state index is 12.7. The number of methoxy groups -OCH3 is 1. The van der Waals surface area contributed by atoms with Crippen LogP contribution in [0.1, 0.15) is 38.5 Å². The number of amides is 2. The minimum atomic E-state index is -0.383. The predicted molar refractivity (Wildman–Crippen MR) is 82.4 cm³/mol. The van der Waals surface area contributed by atoms with Gasteiger partial charge in [-0.1, -0.05) is 0 Å². The topological polar surface area (TPSA) is 67.9 Å². The molecule has 2 aliphatic heterocycles. The minimum absolute atomic E-state index is 0.0179. The van der Waals surface area contributed by atoms with Crippen molar-refractivity contribution in [2.45, 2.75) is 44.1 Å². The first-order valence-corrected chi connectivity index (χ1v) is 8.22. The number of piperidine rings is 1. The Hall–Kier alpha value is -1.14. The van der Waals surface area contributed by atoms with E-state index in [4.69, 9.17) is 9.47 Å². The number of nitrogens with one attached hydrogen (secondary N) is 1. The molecule has 1 atom stereocenters. The van der Waals surface area contributed by atoms with Crippen LogP contribution >= 0.6 is 0 Å². The van der Waals surface area contributed by atoms with E-state index >= 15 is 0 Å². The van der Waals surface area contributed by atoms with E-state index in [0.29, 0.717) is 32.6 Å². The van der Waals surface area contributed by atoms with Crippen LogP contribution in [0.25, 0.3) is 0 Å². The summed E-state index contributed by atoms with van der Waals surface area (Å²) in [4.78, 5) is 26.1. The van der Waals surface area contributed by atoms with Crippen LogP contribution in [-0.2, 0) is 19.1 Å². The van der Waals surface area contributed by atoms with Gasteiger partial charge in [0, 0.05) is 52.8 Å². The van der Waals surface area contributed by atoms with E-state index in [0.717, 1.165) is 32.2 Å². The highest BCUT2D eigenvalue weighted by molar-refractivity contribution is 5.79. The highest BCUT2D eigenvalue weighted by atomic mass is 16.5. The Bertz CT molecular complexity index is 396. The van der Waals surface area contributed by atoms with Crippen LogP contribution in [0, 0.1) is 5.92 Å². The van der Waals surface area contributed by atoms with Gasteiger partial charge in [-0.3, -0.25) is 9.59 Å². The average Bonchev–Trinajstić information content (AvgIpc) is 2.60. The second-order valence-electron chi connectivity index (χ2n) is 6.31. The van der Waals surface area contributed by atoms with Crippen LogP contribution in [0.3, 0.4) is 0 Å². The summed E-state index contributed by atoms with van der Waals surface area (Å²) in [5.74, 6) is 0.328. The minimum Gasteiger partial charge on any atom is -0.381 e. The van der Waals surface area contributed by atoms with Crippen molar-refractivity contribution in [1.82, 2.24) is 10.2 Å². The Labute approximate surface area is 132 Å². The first-order chi connectivity index (χ1) is 10.6. The van der Waals surface area contributed by atoms with Crippen molar-refractivity contribution >= 4 is 11.8 Å². The van der Waals surface area contributed by atoms with Crippen molar-refractivity contribution in [3.8, 4) is 0 Å². The summed E-state index contributed by atoms with van der Waals surface area (Å²) < 4.78 is 11.1. The molecule has 1 N–H and O–H groups in total. The predicted octanol–water partition coefficient (Wildman–Crippen LogP) is 0.947. The lowest BCUT2D eigenvalue weighted by atomic mass is 9.86. The number of nitrogens with zero attached hydrogens (tertiary/aromatic N) is 1. The van der Waals surface area contributed by atoms with Crippen molar-refractivity contribution in [3.05, 3.63) is 0 Å². The third kappa shape index (κ3) is 4.20. The molecule has 6 nitrogen and oxygen atoms in total. The van der Waals surface area contributed by atoms with Gasteiger partial charge in [-0.15, -0.1) is 0 Å². The largest absolute Gasteiger partial charge is 0.381 e. The molecule has 0 bridgehead atoms.